The average molecular weight is 288 g/mol. The Kier molecular flexibility index (Phi) is 4.94. The van der Waals surface area contributed by atoms with E-state index in [1.165, 1.54) is 6.08 Å². The van der Waals surface area contributed by atoms with Crippen LogP contribution < -0.4 is 0 Å². The van der Waals surface area contributed by atoms with Crippen LogP contribution in [0.15, 0.2) is 54.3 Å². The van der Waals surface area contributed by atoms with Crippen molar-refractivity contribution in [2.45, 2.75) is 19.6 Å². The molecule has 0 saturated carbocycles. The molecule has 4 nitrogen and oxygen atoms in total. The van der Waals surface area contributed by atoms with Gasteiger partial charge in [-0.1, -0.05) is 36.4 Å². The van der Waals surface area contributed by atoms with Crippen molar-refractivity contribution in [3.05, 3.63) is 59.9 Å². The molecule has 1 N–H and O–H groups in total. The number of ether oxygens (including phenoxy) is 2. The fourth-order valence-corrected chi connectivity index (χ4v) is 2.35. The quantitative estimate of drug-likeness (QED) is 0.496. The van der Waals surface area contributed by atoms with Crippen molar-refractivity contribution in [1.82, 2.24) is 0 Å². The van der Waals surface area contributed by atoms with Crippen LogP contribution in [0.5, 0.6) is 0 Å². The number of aliphatic hydroxyl groups is 1. The maximum atomic E-state index is 12.4. The Morgan fingerprint density at radius 1 is 1.19 bits per heavy atom. The van der Waals surface area contributed by atoms with Gasteiger partial charge < -0.3 is 14.6 Å². The number of carbonyl (C=O) groups is 1. The second-order valence-corrected chi connectivity index (χ2v) is 4.72. The van der Waals surface area contributed by atoms with Crippen molar-refractivity contribution < 1.29 is 19.4 Å². The molecule has 0 fully saturated rings. The molecule has 2 rings (SSSR count). The highest BCUT2D eigenvalue weighted by atomic mass is 16.7. The van der Waals surface area contributed by atoms with Crippen molar-refractivity contribution in [2.24, 2.45) is 5.92 Å². The summed E-state index contributed by atoms with van der Waals surface area (Å²) in [5, 5.41) is 10.2. The smallest absolute Gasteiger partial charge is 0.211 e. The monoisotopic (exact) mass is 288 g/mol. The highest BCUT2D eigenvalue weighted by molar-refractivity contribution is 6.00. The molecule has 21 heavy (non-hydrogen) atoms. The lowest BCUT2D eigenvalue weighted by atomic mass is 9.90. The van der Waals surface area contributed by atoms with Crippen LogP contribution in [0.3, 0.4) is 0 Å². The molecule has 1 aliphatic carbocycles. The Balaban J connectivity index is 2.23. The summed E-state index contributed by atoms with van der Waals surface area (Å²) in [7, 11) is 0. The number of rotatable bonds is 6. The van der Waals surface area contributed by atoms with E-state index in [9.17, 15) is 9.90 Å². The molecule has 0 spiro atoms. The van der Waals surface area contributed by atoms with Crippen molar-refractivity contribution >= 4 is 5.78 Å². The van der Waals surface area contributed by atoms with Gasteiger partial charge in [-0.25, -0.2) is 0 Å². The van der Waals surface area contributed by atoms with E-state index in [0.29, 0.717) is 18.8 Å². The maximum absolute atomic E-state index is 12.4. The molecule has 0 radical (unpaired) electrons. The molecule has 1 aliphatic rings. The van der Waals surface area contributed by atoms with E-state index in [0.717, 1.165) is 0 Å². The van der Waals surface area contributed by atoms with Gasteiger partial charge in [0.25, 0.3) is 0 Å². The summed E-state index contributed by atoms with van der Waals surface area (Å²) in [4.78, 5) is 12.4. The number of Topliss-reactive ketones (excluding diaryl/α,β-unsaturated/α-hetero) is 1. The highest BCUT2D eigenvalue weighted by Gasteiger charge is 2.34. The molecular formula is C17H20O4. The molecule has 4 heteroatoms. The normalized spacial score (nSPS) is 20.1. The van der Waals surface area contributed by atoms with Gasteiger partial charge in [0.2, 0.25) is 5.79 Å². The Hall–Kier alpha value is -1.91. The van der Waals surface area contributed by atoms with Gasteiger partial charge in [-0.05, 0) is 19.9 Å². The van der Waals surface area contributed by atoms with Crippen molar-refractivity contribution in [2.75, 3.05) is 13.2 Å². The van der Waals surface area contributed by atoms with Gasteiger partial charge in [0, 0.05) is 24.9 Å². The lowest BCUT2D eigenvalue weighted by molar-refractivity contribution is -0.168. The zero-order valence-electron chi connectivity index (χ0n) is 12.3. The van der Waals surface area contributed by atoms with Gasteiger partial charge in [0.15, 0.2) is 5.78 Å². The van der Waals surface area contributed by atoms with E-state index in [2.05, 4.69) is 0 Å². The first-order valence-electron chi connectivity index (χ1n) is 7.10. The van der Waals surface area contributed by atoms with E-state index in [4.69, 9.17) is 9.47 Å². The number of benzene rings is 1. The zero-order chi connectivity index (χ0) is 15.3. The minimum Gasteiger partial charge on any atom is -0.511 e. The summed E-state index contributed by atoms with van der Waals surface area (Å²) in [6.45, 7) is 4.57. The Morgan fingerprint density at radius 2 is 1.81 bits per heavy atom. The molecule has 0 saturated heterocycles. The summed E-state index contributed by atoms with van der Waals surface area (Å²) >= 11 is 0. The fourth-order valence-electron chi connectivity index (χ4n) is 2.35. The third-order valence-electron chi connectivity index (χ3n) is 3.27. The molecule has 1 unspecified atom stereocenters. The topological polar surface area (TPSA) is 55.8 Å². The lowest BCUT2D eigenvalue weighted by Crippen LogP contribution is -2.36. The molecule has 1 aromatic rings. The number of hydrogen-bond donors (Lipinski definition) is 1. The number of carbonyl (C=O) groups excluding carboxylic acids is 1. The number of aliphatic hydroxyl groups excluding tert-OH is 1. The van der Waals surface area contributed by atoms with Crippen molar-refractivity contribution in [3.63, 3.8) is 0 Å². The van der Waals surface area contributed by atoms with Gasteiger partial charge in [0.05, 0.1) is 5.92 Å². The van der Waals surface area contributed by atoms with E-state index in [1.807, 2.05) is 19.9 Å². The predicted octanol–water partition coefficient (Wildman–Crippen LogP) is 3.27. The zero-order valence-corrected chi connectivity index (χ0v) is 12.3. The summed E-state index contributed by atoms with van der Waals surface area (Å²) < 4.78 is 11.1. The van der Waals surface area contributed by atoms with Gasteiger partial charge >= 0.3 is 0 Å². The molecule has 0 bridgehead atoms. The number of hydrogen-bond acceptors (Lipinski definition) is 4. The van der Waals surface area contributed by atoms with Crippen molar-refractivity contribution in [1.29, 1.82) is 0 Å². The summed E-state index contributed by atoms with van der Waals surface area (Å²) in [5.41, 5.74) is 0.562. The first kappa shape index (κ1) is 15.5. The minimum atomic E-state index is -1.08. The molecule has 0 amide bonds. The Morgan fingerprint density at radius 3 is 2.33 bits per heavy atom. The standard InChI is InChI=1S/C17H20O4/c1-3-20-17(21-4-2)11-10-14(15(18)12-17)16(19)13-8-6-5-7-9-13/h5-12,14,18H,3-4H2,1-2H3. The molecule has 0 aromatic heterocycles. The summed E-state index contributed by atoms with van der Waals surface area (Å²) in [6, 6.07) is 8.90. The third-order valence-corrected chi connectivity index (χ3v) is 3.27. The van der Waals surface area contributed by atoms with Crippen LogP contribution in [-0.4, -0.2) is 29.9 Å². The first-order chi connectivity index (χ1) is 10.1. The van der Waals surface area contributed by atoms with Crippen LogP contribution in [-0.2, 0) is 9.47 Å². The minimum absolute atomic E-state index is 0.0479. The van der Waals surface area contributed by atoms with Gasteiger partial charge in [-0.2, -0.15) is 0 Å². The maximum Gasteiger partial charge on any atom is 0.211 e. The van der Waals surface area contributed by atoms with Gasteiger partial charge in [0.1, 0.15) is 5.76 Å². The second kappa shape index (κ2) is 6.70. The molecule has 0 heterocycles. The lowest BCUT2D eigenvalue weighted by Gasteiger charge is -2.31. The van der Waals surface area contributed by atoms with Crippen molar-refractivity contribution in [3.8, 4) is 0 Å². The molecule has 1 aromatic carbocycles. The van der Waals surface area contributed by atoms with Crippen LogP contribution in [0.4, 0.5) is 0 Å². The first-order valence-corrected chi connectivity index (χ1v) is 7.10. The third kappa shape index (κ3) is 3.40. The van der Waals surface area contributed by atoms with E-state index >= 15 is 0 Å². The summed E-state index contributed by atoms with van der Waals surface area (Å²) in [5.74, 6) is -1.97. The largest absolute Gasteiger partial charge is 0.511 e. The van der Waals surface area contributed by atoms with Crippen LogP contribution in [0.2, 0.25) is 0 Å². The Labute approximate surface area is 124 Å². The number of allylic oxidation sites excluding steroid dienone is 1. The fraction of sp³-hybridized carbons (Fsp3) is 0.353. The highest BCUT2D eigenvalue weighted by Crippen LogP contribution is 2.29. The molecular weight excluding hydrogens is 268 g/mol. The van der Waals surface area contributed by atoms with Crippen LogP contribution in [0.25, 0.3) is 0 Å². The van der Waals surface area contributed by atoms with Gasteiger partial charge in [-0.15, -0.1) is 0 Å². The molecule has 112 valence electrons. The summed E-state index contributed by atoms with van der Waals surface area (Å²) in [6.07, 6.45) is 4.78. The number of ketones is 1. The van der Waals surface area contributed by atoms with E-state index < -0.39 is 11.7 Å². The van der Waals surface area contributed by atoms with Gasteiger partial charge in [-0.3, -0.25) is 4.79 Å². The van der Waals surface area contributed by atoms with Crippen LogP contribution in [0, 0.1) is 5.92 Å². The van der Waals surface area contributed by atoms with E-state index in [1.54, 1.807) is 36.4 Å². The second-order valence-electron chi connectivity index (χ2n) is 4.72. The average Bonchev–Trinajstić information content (AvgIpc) is 2.48. The van der Waals surface area contributed by atoms with Crippen LogP contribution in [0.1, 0.15) is 24.2 Å². The van der Waals surface area contributed by atoms with E-state index in [-0.39, 0.29) is 11.5 Å². The Bertz CT molecular complexity index is 539. The SMILES string of the molecule is CCOC1(OCC)C=CC(C(=O)c2ccccc2)C(O)=C1. The van der Waals surface area contributed by atoms with Crippen LogP contribution >= 0.6 is 0 Å². The predicted molar refractivity (Wildman–Crippen MR) is 80.1 cm³/mol. The molecule has 0 aliphatic heterocycles. The molecule has 1 atom stereocenters.